The Kier molecular flexibility index (Phi) is 10.1. The second-order valence-corrected chi connectivity index (χ2v) is 9.77. The van der Waals surface area contributed by atoms with Gasteiger partial charge in [0.1, 0.15) is 5.75 Å². The Bertz CT molecular complexity index is 1160. The number of hydrogen-bond donors (Lipinski definition) is 1. The molecule has 0 unspecified atom stereocenters. The maximum absolute atomic E-state index is 12.5. The average Bonchev–Trinajstić information content (AvgIpc) is 3.22. The fraction of sp³-hybridized carbons (Fsp3) is 0.333. The van der Waals surface area contributed by atoms with Crippen LogP contribution in [0.3, 0.4) is 0 Å². The summed E-state index contributed by atoms with van der Waals surface area (Å²) in [5.41, 5.74) is 2.58. The molecule has 1 aromatic heterocycles. The number of ether oxygens (including phenoxy) is 1. The Morgan fingerprint density at radius 3 is 2.54 bits per heavy atom. The molecule has 1 N–H and O–H groups in total. The van der Waals surface area contributed by atoms with Gasteiger partial charge in [-0.15, -0.1) is 24.5 Å². The number of hydrogen-bond acceptors (Lipinski definition) is 5. The first-order chi connectivity index (χ1) is 16.7. The number of alkyl halides is 3. The molecule has 0 spiro atoms. The van der Waals surface area contributed by atoms with E-state index in [1.807, 2.05) is 40.5 Å². The van der Waals surface area contributed by atoms with Gasteiger partial charge >= 0.3 is 6.36 Å². The Morgan fingerprint density at radius 2 is 1.89 bits per heavy atom. The smallest absolute Gasteiger partial charge is 0.406 e. The summed E-state index contributed by atoms with van der Waals surface area (Å²) in [5, 5.41) is 5.50. The van der Waals surface area contributed by atoms with Gasteiger partial charge < -0.3 is 14.6 Å². The highest BCUT2D eigenvalue weighted by atomic mass is 35.5. The fourth-order valence-corrected chi connectivity index (χ4v) is 4.68. The summed E-state index contributed by atoms with van der Waals surface area (Å²) in [4.78, 5) is 17.4. The number of thiazole rings is 1. The van der Waals surface area contributed by atoms with Gasteiger partial charge in [0, 0.05) is 35.7 Å². The molecular weight excluding hydrogens is 519 g/mol. The number of carbonyl (C=O) groups is 1. The third-order valence-electron chi connectivity index (χ3n) is 4.91. The first-order valence-corrected chi connectivity index (χ1v) is 13.5. The standard InChI is InChI=1S/C24H25ClF3N3O2S2/c1-34-14-11-22(32)29-12-2-13-31-21(18-5-9-20(10-6-18)33-24(26,27)28)16-35-23(31)30-15-17-3-7-19(25)8-4-17/h3-10,16H,2,11-15H2,1H3,(H,29,32)/b30-23-. The van der Waals surface area contributed by atoms with Crippen molar-refractivity contribution < 1.29 is 22.7 Å². The van der Waals surface area contributed by atoms with E-state index in [0.717, 1.165) is 27.4 Å². The number of aromatic nitrogens is 1. The second kappa shape index (κ2) is 13.0. The largest absolute Gasteiger partial charge is 0.573 e. The van der Waals surface area contributed by atoms with E-state index in [-0.39, 0.29) is 11.7 Å². The van der Waals surface area contributed by atoms with Gasteiger partial charge in [-0.05, 0) is 60.2 Å². The summed E-state index contributed by atoms with van der Waals surface area (Å²) in [6, 6.07) is 13.2. The minimum atomic E-state index is -4.74. The van der Waals surface area contributed by atoms with Crippen LogP contribution in [0.15, 0.2) is 58.9 Å². The molecular formula is C24H25ClF3N3O2S2. The molecule has 0 aliphatic rings. The molecule has 0 atom stereocenters. The summed E-state index contributed by atoms with van der Waals surface area (Å²) < 4.78 is 43.5. The van der Waals surface area contributed by atoms with Crippen LogP contribution < -0.4 is 14.9 Å². The van der Waals surface area contributed by atoms with Crippen molar-refractivity contribution in [2.45, 2.75) is 32.3 Å². The molecule has 3 rings (SSSR count). The van der Waals surface area contributed by atoms with Crippen molar-refractivity contribution in [3.8, 4) is 17.0 Å². The first kappa shape index (κ1) is 27.2. The highest BCUT2D eigenvalue weighted by Gasteiger charge is 2.31. The van der Waals surface area contributed by atoms with E-state index in [0.29, 0.717) is 37.5 Å². The monoisotopic (exact) mass is 543 g/mol. The Hall–Kier alpha value is -2.43. The third-order valence-corrected chi connectivity index (χ3v) is 6.67. The Balaban J connectivity index is 1.79. The van der Waals surface area contributed by atoms with Crippen molar-refractivity contribution in [3.63, 3.8) is 0 Å². The number of amides is 1. The van der Waals surface area contributed by atoms with Crippen LogP contribution in [0.1, 0.15) is 18.4 Å². The molecule has 0 bridgehead atoms. The fourth-order valence-electron chi connectivity index (χ4n) is 3.23. The molecule has 0 saturated carbocycles. The summed E-state index contributed by atoms with van der Waals surface area (Å²) in [6.45, 7) is 1.56. The summed E-state index contributed by atoms with van der Waals surface area (Å²) in [5.74, 6) is 0.517. The number of rotatable bonds is 11. The van der Waals surface area contributed by atoms with Crippen LogP contribution in [-0.2, 0) is 17.9 Å². The summed E-state index contributed by atoms with van der Waals surface area (Å²) in [7, 11) is 0. The lowest BCUT2D eigenvalue weighted by molar-refractivity contribution is -0.274. The highest BCUT2D eigenvalue weighted by Crippen LogP contribution is 2.27. The van der Waals surface area contributed by atoms with Gasteiger partial charge in [0.05, 0.1) is 12.2 Å². The Labute approximate surface area is 215 Å². The molecule has 2 aromatic carbocycles. The van der Waals surface area contributed by atoms with Gasteiger partial charge in [-0.25, -0.2) is 0 Å². The lowest BCUT2D eigenvalue weighted by atomic mass is 10.1. The van der Waals surface area contributed by atoms with E-state index < -0.39 is 6.36 Å². The normalized spacial score (nSPS) is 12.1. The van der Waals surface area contributed by atoms with Crippen LogP contribution in [0, 0.1) is 0 Å². The van der Waals surface area contributed by atoms with E-state index in [4.69, 9.17) is 16.6 Å². The van der Waals surface area contributed by atoms with Crippen molar-refractivity contribution in [2.24, 2.45) is 4.99 Å². The van der Waals surface area contributed by atoms with Gasteiger partial charge in [-0.2, -0.15) is 11.8 Å². The predicted molar refractivity (Wildman–Crippen MR) is 136 cm³/mol. The maximum Gasteiger partial charge on any atom is 0.573 e. The molecule has 0 fully saturated rings. The Morgan fingerprint density at radius 1 is 1.17 bits per heavy atom. The molecule has 1 amide bonds. The predicted octanol–water partition coefficient (Wildman–Crippen LogP) is 6.13. The lowest BCUT2D eigenvalue weighted by Gasteiger charge is -2.12. The first-order valence-electron chi connectivity index (χ1n) is 10.8. The minimum absolute atomic E-state index is 0.0165. The van der Waals surface area contributed by atoms with E-state index in [9.17, 15) is 18.0 Å². The molecule has 0 radical (unpaired) electrons. The van der Waals surface area contributed by atoms with Crippen LogP contribution in [0.4, 0.5) is 13.2 Å². The van der Waals surface area contributed by atoms with E-state index in [2.05, 4.69) is 10.1 Å². The van der Waals surface area contributed by atoms with Gasteiger partial charge in [0.2, 0.25) is 5.91 Å². The SMILES string of the molecule is CSCCC(=O)NCCCn1c(-c2ccc(OC(F)(F)F)cc2)cs/c1=N\Cc1ccc(Cl)cc1. The van der Waals surface area contributed by atoms with Crippen molar-refractivity contribution in [1.29, 1.82) is 0 Å². The molecule has 1 heterocycles. The van der Waals surface area contributed by atoms with Gasteiger partial charge in [-0.1, -0.05) is 23.7 Å². The zero-order valence-electron chi connectivity index (χ0n) is 19.0. The van der Waals surface area contributed by atoms with E-state index >= 15 is 0 Å². The molecule has 0 aliphatic carbocycles. The molecule has 0 aliphatic heterocycles. The number of carbonyl (C=O) groups excluding carboxylic acids is 1. The van der Waals surface area contributed by atoms with Crippen LogP contribution in [-0.4, -0.2) is 35.4 Å². The van der Waals surface area contributed by atoms with Crippen molar-refractivity contribution in [1.82, 2.24) is 9.88 Å². The van der Waals surface area contributed by atoms with E-state index in [1.165, 1.54) is 23.5 Å². The quantitative estimate of drug-likeness (QED) is 0.296. The third kappa shape index (κ3) is 8.94. The molecule has 188 valence electrons. The number of nitrogens with one attached hydrogen (secondary N) is 1. The van der Waals surface area contributed by atoms with Gasteiger partial charge in [-0.3, -0.25) is 9.79 Å². The maximum atomic E-state index is 12.5. The zero-order chi connectivity index (χ0) is 25.3. The van der Waals surface area contributed by atoms with E-state index in [1.54, 1.807) is 23.9 Å². The summed E-state index contributed by atoms with van der Waals surface area (Å²) >= 11 is 9.03. The van der Waals surface area contributed by atoms with Crippen molar-refractivity contribution >= 4 is 40.6 Å². The molecule has 5 nitrogen and oxygen atoms in total. The van der Waals surface area contributed by atoms with Crippen LogP contribution in [0.5, 0.6) is 5.75 Å². The topological polar surface area (TPSA) is 55.6 Å². The molecule has 3 aromatic rings. The highest BCUT2D eigenvalue weighted by molar-refractivity contribution is 7.98. The number of benzene rings is 2. The number of thioether (sulfide) groups is 1. The summed E-state index contributed by atoms with van der Waals surface area (Å²) in [6.07, 6.45) is -1.62. The molecule has 0 saturated heterocycles. The van der Waals surface area contributed by atoms with Crippen LogP contribution in [0.2, 0.25) is 5.02 Å². The lowest BCUT2D eigenvalue weighted by Crippen LogP contribution is -2.26. The second-order valence-electron chi connectivity index (χ2n) is 7.52. The van der Waals surface area contributed by atoms with Gasteiger partial charge in [0.25, 0.3) is 0 Å². The van der Waals surface area contributed by atoms with Gasteiger partial charge in [0.15, 0.2) is 4.80 Å². The molecule has 11 heteroatoms. The average molecular weight is 544 g/mol. The zero-order valence-corrected chi connectivity index (χ0v) is 21.4. The number of halogens is 4. The van der Waals surface area contributed by atoms with Crippen molar-refractivity contribution in [3.05, 3.63) is 69.3 Å². The molecule has 35 heavy (non-hydrogen) atoms. The minimum Gasteiger partial charge on any atom is -0.406 e. The van der Waals surface area contributed by atoms with Crippen molar-refractivity contribution in [2.75, 3.05) is 18.6 Å². The number of nitrogens with zero attached hydrogens (tertiary/aromatic N) is 2. The van der Waals surface area contributed by atoms with Crippen LogP contribution >= 0.6 is 34.7 Å². The van der Waals surface area contributed by atoms with Crippen LogP contribution in [0.25, 0.3) is 11.3 Å².